The summed E-state index contributed by atoms with van der Waals surface area (Å²) in [5, 5.41) is 4.91. The van der Waals surface area contributed by atoms with E-state index in [1.54, 1.807) is 0 Å². The van der Waals surface area contributed by atoms with E-state index < -0.39 is 0 Å². The highest BCUT2D eigenvalue weighted by Crippen LogP contribution is 2.42. The van der Waals surface area contributed by atoms with Crippen LogP contribution in [-0.2, 0) is 9.63 Å². The van der Waals surface area contributed by atoms with Crippen LogP contribution in [-0.4, -0.2) is 12.0 Å². The first-order chi connectivity index (χ1) is 13.6. The van der Waals surface area contributed by atoms with E-state index in [2.05, 4.69) is 21.2 Å². The summed E-state index contributed by atoms with van der Waals surface area (Å²) in [4.78, 5) is 19.4. The van der Waals surface area contributed by atoms with E-state index in [-0.39, 0.29) is 24.0 Å². The van der Waals surface area contributed by atoms with Crippen molar-refractivity contribution in [3.8, 4) is 0 Å². The summed E-state index contributed by atoms with van der Waals surface area (Å²) < 4.78 is 0.973. The van der Waals surface area contributed by atoms with E-state index in [0.717, 1.165) is 21.4 Å². The van der Waals surface area contributed by atoms with Crippen LogP contribution >= 0.6 is 15.9 Å². The number of anilines is 2. The molecule has 1 saturated heterocycles. The van der Waals surface area contributed by atoms with E-state index in [9.17, 15) is 4.79 Å². The number of carbonyl (C=O) groups excluding carboxylic acids is 1. The van der Waals surface area contributed by atoms with Gasteiger partial charge < -0.3 is 5.32 Å². The molecule has 5 heteroatoms. The highest BCUT2D eigenvalue weighted by Gasteiger charge is 2.46. The van der Waals surface area contributed by atoms with Crippen molar-refractivity contribution < 1.29 is 9.63 Å². The number of hydrogen-bond acceptors (Lipinski definition) is 3. The number of para-hydroxylation sites is 1. The minimum absolute atomic E-state index is 0.0536. The lowest BCUT2D eigenvalue weighted by atomic mass is 9.89. The van der Waals surface area contributed by atoms with E-state index in [0.29, 0.717) is 0 Å². The second kappa shape index (κ2) is 8.17. The Balaban J connectivity index is 1.67. The summed E-state index contributed by atoms with van der Waals surface area (Å²) in [7, 11) is 0. The topological polar surface area (TPSA) is 41.6 Å². The normalized spacial score (nSPS) is 21.5. The fraction of sp³-hybridized carbons (Fsp3) is 0.174. The maximum absolute atomic E-state index is 13.2. The van der Waals surface area contributed by atoms with Gasteiger partial charge in [0, 0.05) is 10.2 Å². The van der Waals surface area contributed by atoms with Gasteiger partial charge in [0.05, 0.1) is 23.8 Å². The van der Waals surface area contributed by atoms with Crippen molar-refractivity contribution in [2.24, 2.45) is 5.92 Å². The smallest absolute Gasteiger partial charge is 0.232 e. The summed E-state index contributed by atoms with van der Waals surface area (Å²) in [6, 6.07) is 27.3. The number of nitrogens with zero attached hydrogens (tertiary/aromatic N) is 1. The molecule has 142 valence electrons. The Morgan fingerprint density at radius 3 is 2.18 bits per heavy atom. The molecular weight excluding hydrogens is 416 g/mol. The first-order valence-electron chi connectivity index (χ1n) is 9.26. The Morgan fingerprint density at radius 1 is 0.929 bits per heavy atom. The van der Waals surface area contributed by atoms with Crippen molar-refractivity contribution in [1.82, 2.24) is 0 Å². The lowest BCUT2D eigenvalue weighted by Gasteiger charge is -2.27. The molecule has 3 atom stereocenters. The largest absolute Gasteiger partial charge is 0.326 e. The number of hydrogen-bond donors (Lipinski definition) is 1. The summed E-state index contributed by atoms with van der Waals surface area (Å²) >= 11 is 3.42. The zero-order chi connectivity index (χ0) is 19.5. The molecule has 0 aliphatic carbocycles. The van der Waals surface area contributed by atoms with Gasteiger partial charge in [0.2, 0.25) is 5.91 Å². The predicted octanol–water partition coefficient (Wildman–Crippen LogP) is 5.59. The van der Waals surface area contributed by atoms with Crippen LogP contribution in [0.1, 0.15) is 18.5 Å². The molecule has 0 radical (unpaired) electrons. The van der Waals surface area contributed by atoms with Crippen LogP contribution in [0.3, 0.4) is 0 Å². The molecule has 0 bridgehead atoms. The minimum Gasteiger partial charge on any atom is -0.326 e. The van der Waals surface area contributed by atoms with Crippen LogP contribution in [0.15, 0.2) is 89.4 Å². The second-order valence-electron chi connectivity index (χ2n) is 6.85. The number of nitrogens with one attached hydrogen (secondary N) is 1. The van der Waals surface area contributed by atoms with Gasteiger partial charge in [0.1, 0.15) is 0 Å². The van der Waals surface area contributed by atoms with Crippen molar-refractivity contribution in [1.29, 1.82) is 0 Å². The summed E-state index contributed by atoms with van der Waals surface area (Å²) in [5.41, 5.74) is 2.75. The van der Waals surface area contributed by atoms with Gasteiger partial charge >= 0.3 is 0 Å². The number of rotatable bonds is 4. The molecule has 0 aromatic heterocycles. The van der Waals surface area contributed by atoms with E-state index in [1.807, 2.05) is 96.9 Å². The Bertz CT molecular complexity index is 932. The molecule has 1 heterocycles. The fourth-order valence-electron chi connectivity index (χ4n) is 3.62. The standard InChI is InChI=1S/C23H21BrN2O2/c1-16-21(23(27)25-19-14-12-18(24)13-15-19)22(17-8-4-2-5-9-17)26(28-16)20-10-6-3-7-11-20/h2-16,21-22H,1H3,(H,25,27)/t16-,21-,22+/m0/s1. The predicted molar refractivity (Wildman–Crippen MR) is 115 cm³/mol. The molecule has 28 heavy (non-hydrogen) atoms. The first-order valence-corrected chi connectivity index (χ1v) is 10.1. The van der Waals surface area contributed by atoms with E-state index >= 15 is 0 Å². The van der Waals surface area contributed by atoms with Crippen LogP contribution < -0.4 is 10.4 Å². The van der Waals surface area contributed by atoms with Crippen molar-refractivity contribution in [3.63, 3.8) is 0 Å². The fourth-order valence-corrected chi connectivity index (χ4v) is 3.88. The van der Waals surface area contributed by atoms with Crippen molar-refractivity contribution in [2.75, 3.05) is 10.4 Å². The average Bonchev–Trinajstić information content (AvgIpc) is 3.08. The van der Waals surface area contributed by atoms with Crippen molar-refractivity contribution in [2.45, 2.75) is 19.1 Å². The summed E-state index contributed by atoms with van der Waals surface area (Å²) in [6.07, 6.45) is -0.263. The third-order valence-electron chi connectivity index (χ3n) is 4.94. The minimum atomic E-state index is -0.355. The number of benzene rings is 3. The molecule has 1 aliphatic heterocycles. The van der Waals surface area contributed by atoms with Gasteiger partial charge in [-0.05, 0) is 48.9 Å². The zero-order valence-corrected chi connectivity index (χ0v) is 17.0. The monoisotopic (exact) mass is 436 g/mol. The summed E-state index contributed by atoms with van der Waals surface area (Å²) in [6.45, 7) is 1.95. The van der Waals surface area contributed by atoms with Gasteiger partial charge in [0.25, 0.3) is 0 Å². The maximum atomic E-state index is 13.2. The third kappa shape index (κ3) is 3.81. The lowest BCUT2D eigenvalue weighted by molar-refractivity contribution is -0.121. The number of halogens is 1. The Morgan fingerprint density at radius 2 is 1.54 bits per heavy atom. The third-order valence-corrected chi connectivity index (χ3v) is 5.47. The van der Waals surface area contributed by atoms with Gasteiger partial charge in [-0.25, -0.2) is 5.06 Å². The van der Waals surface area contributed by atoms with Crippen molar-refractivity contribution >= 4 is 33.2 Å². The molecule has 1 N–H and O–H groups in total. The zero-order valence-electron chi connectivity index (χ0n) is 15.5. The van der Waals surface area contributed by atoms with E-state index in [1.165, 1.54) is 0 Å². The molecule has 1 fully saturated rings. The molecule has 4 nitrogen and oxygen atoms in total. The van der Waals surface area contributed by atoms with Gasteiger partial charge in [0.15, 0.2) is 0 Å². The van der Waals surface area contributed by atoms with Crippen LogP contribution in [0.2, 0.25) is 0 Å². The molecule has 1 amide bonds. The van der Waals surface area contributed by atoms with Crippen LogP contribution in [0.5, 0.6) is 0 Å². The molecule has 0 unspecified atom stereocenters. The molecule has 3 aromatic carbocycles. The van der Waals surface area contributed by atoms with Gasteiger partial charge in [-0.3, -0.25) is 9.63 Å². The Kier molecular flexibility index (Phi) is 5.46. The quantitative estimate of drug-likeness (QED) is 0.579. The molecule has 0 saturated carbocycles. The highest BCUT2D eigenvalue weighted by molar-refractivity contribution is 9.10. The average molecular weight is 437 g/mol. The Hall–Kier alpha value is -2.63. The van der Waals surface area contributed by atoms with Crippen LogP contribution in [0, 0.1) is 5.92 Å². The summed E-state index contributed by atoms with van der Waals surface area (Å²) in [5.74, 6) is -0.409. The number of hydroxylamine groups is 1. The van der Waals surface area contributed by atoms with Crippen molar-refractivity contribution in [3.05, 3.63) is 95.0 Å². The lowest BCUT2D eigenvalue weighted by Crippen LogP contribution is -2.33. The molecular formula is C23H21BrN2O2. The Labute approximate surface area is 173 Å². The molecule has 3 aromatic rings. The molecule has 1 aliphatic rings. The van der Waals surface area contributed by atoms with Gasteiger partial charge in [-0.2, -0.15) is 0 Å². The molecule has 4 rings (SSSR count). The maximum Gasteiger partial charge on any atom is 0.232 e. The first kappa shape index (κ1) is 18.7. The SMILES string of the molecule is C[C@@H]1ON(c2ccccc2)[C@H](c2ccccc2)[C@H]1C(=O)Nc1ccc(Br)cc1. The van der Waals surface area contributed by atoms with Crippen LogP contribution in [0.25, 0.3) is 0 Å². The number of carbonyl (C=O) groups is 1. The highest BCUT2D eigenvalue weighted by atomic mass is 79.9. The van der Waals surface area contributed by atoms with Gasteiger partial charge in [-0.15, -0.1) is 0 Å². The van der Waals surface area contributed by atoms with E-state index in [4.69, 9.17) is 4.84 Å². The molecule has 0 spiro atoms. The van der Waals surface area contributed by atoms with Crippen LogP contribution in [0.4, 0.5) is 11.4 Å². The van der Waals surface area contributed by atoms with Gasteiger partial charge in [-0.1, -0.05) is 64.5 Å². The second-order valence-corrected chi connectivity index (χ2v) is 7.76. The number of amides is 1.